The van der Waals surface area contributed by atoms with E-state index < -0.39 is 0 Å². The highest BCUT2D eigenvalue weighted by Crippen LogP contribution is 2.34. The number of benzene rings is 1. The van der Waals surface area contributed by atoms with Gasteiger partial charge in [-0.25, -0.2) is 0 Å². The van der Waals surface area contributed by atoms with Gasteiger partial charge in [-0.15, -0.1) is 11.8 Å². The maximum Gasteiger partial charge on any atom is 0.235 e. The summed E-state index contributed by atoms with van der Waals surface area (Å²) >= 11 is 1.62. The van der Waals surface area contributed by atoms with Gasteiger partial charge in [-0.1, -0.05) is 6.07 Å². The lowest BCUT2D eigenvalue weighted by Crippen LogP contribution is -2.33. The number of thioether (sulfide) groups is 1. The van der Waals surface area contributed by atoms with Crippen LogP contribution in [0.4, 0.5) is 0 Å². The van der Waals surface area contributed by atoms with Gasteiger partial charge in [-0.3, -0.25) is 4.79 Å². The van der Waals surface area contributed by atoms with Gasteiger partial charge in [0.1, 0.15) is 0 Å². The molecule has 1 amide bonds. The first-order chi connectivity index (χ1) is 9.79. The Hall–Kier alpha value is -1.47. The third kappa shape index (κ3) is 4.25. The van der Waals surface area contributed by atoms with Crippen LogP contribution in [0.1, 0.15) is 35.6 Å². The number of amides is 1. The van der Waals surface area contributed by atoms with Gasteiger partial charge in [-0.05, 0) is 56.9 Å². The van der Waals surface area contributed by atoms with Crippen molar-refractivity contribution < 1.29 is 4.79 Å². The second-order valence-electron chi connectivity index (χ2n) is 5.52. The number of aryl methyl sites for hydroxylation is 2. The highest BCUT2D eigenvalue weighted by molar-refractivity contribution is 8.00. The molecule has 114 valence electrons. The molecule has 0 spiro atoms. The van der Waals surface area contributed by atoms with E-state index >= 15 is 0 Å². The van der Waals surface area contributed by atoms with Crippen LogP contribution in [-0.4, -0.2) is 29.6 Å². The monoisotopic (exact) mass is 304 g/mol. The number of hydrogen-bond acceptors (Lipinski definition) is 3. The number of nitrogens with zero attached hydrogens (tertiary/aromatic N) is 2. The van der Waals surface area contributed by atoms with E-state index in [1.807, 2.05) is 6.92 Å². The molecule has 1 aromatic carbocycles. The van der Waals surface area contributed by atoms with Crippen LogP contribution in [0.5, 0.6) is 0 Å². The van der Waals surface area contributed by atoms with Crippen LogP contribution >= 0.6 is 11.8 Å². The molecule has 0 unspecified atom stereocenters. The number of rotatable bonds is 5. The molecule has 0 heterocycles. The summed E-state index contributed by atoms with van der Waals surface area (Å²) in [6.07, 6.45) is 0.376. The van der Waals surface area contributed by atoms with E-state index in [-0.39, 0.29) is 11.2 Å². The van der Waals surface area contributed by atoms with Crippen LogP contribution < -0.4 is 0 Å². The van der Waals surface area contributed by atoms with Gasteiger partial charge in [0, 0.05) is 18.5 Å². The number of nitriles is 1. The van der Waals surface area contributed by atoms with Crippen LogP contribution in [0.2, 0.25) is 0 Å². The lowest BCUT2D eigenvalue weighted by molar-refractivity contribution is -0.128. The Labute approximate surface area is 132 Å². The fraction of sp³-hybridized carbons (Fsp3) is 0.529. The molecular weight excluding hydrogens is 280 g/mol. The molecule has 0 bridgehead atoms. The second-order valence-corrected chi connectivity index (χ2v) is 6.87. The van der Waals surface area contributed by atoms with E-state index in [1.54, 1.807) is 23.7 Å². The Balaban J connectivity index is 2.91. The molecule has 0 aromatic heterocycles. The van der Waals surface area contributed by atoms with Gasteiger partial charge in [0.15, 0.2) is 0 Å². The van der Waals surface area contributed by atoms with Crippen molar-refractivity contribution in [2.45, 2.75) is 51.2 Å². The molecule has 21 heavy (non-hydrogen) atoms. The van der Waals surface area contributed by atoms with Crippen molar-refractivity contribution in [2.24, 2.45) is 0 Å². The fourth-order valence-corrected chi connectivity index (χ4v) is 3.53. The van der Waals surface area contributed by atoms with E-state index in [2.05, 4.69) is 39.8 Å². The SMILES string of the molecule is Cc1cc(C)c(C)c(S[C@H](C)C(=O)N(C)CCC#N)c1C. The van der Waals surface area contributed by atoms with Crippen molar-refractivity contribution in [3.05, 3.63) is 28.3 Å². The molecule has 1 aromatic rings. The molecule has 1 atom stereocenters. The summed E-state index contributed by atoms with van der Waals surface area (Å²) in [5.41, 5.74) is 5.03. The normalized spacial score (nSPS) is 11.9. The van der Waals surface area contributed by atoms with E-state index in [0.29, 0.717) is 13.0 Å². The van der Waals surface area contributed by atoms with Crippen LogP contribution in [0.25, 0.3) is 0 Å². The Morgan fingerprint density at radius 1 is 1.29 bits per heavy atom. The lowest BCUT2D eigenvalue weighted by Gasteiger charge is -2.22. The first-order valence-electron chi connectivity index (χ1n) is 7.15. The predicted octanol–water partition coefficient (Wildman–Crippen LogP) is 3.77. The van der Waals surface area contributed by atoms with E-state index in [9.17, 15) is 4.79 Å². The van der Waals surface area contributed by atoms with E-state index in [0.717, 1.165) is 0 Å². The third-order valence-corrected chi connectivity index (χ3v) is 5.28. The Morgan fingerprint density at radius 2 is 1.81 bits per heavy atom. The van der Waals surface area contributed by atoms with Gasteiger partial charge in [0.2, 0.25) is 5.91 Å². The summed E-state index contributed by atoms with van der Waals surface area (Å²) in [7, 11) is 1.76. The molecule has 4 heteroatoms. The molecule has 0 aliphatic rings. The van der Waals surface area contributed by atoms with Crippen molar-refractivity contribution in [1.82, 2.24) is 4.90 Å². The standard InChI is InChI=1S/C17H24N2OS/c1-11-10-12(2)14(4)16(13(11)3)21-15(5)17(20)19(6)9-7-8-18/h10,15H,7,9H2,1-6H3/t15-/m1/s1. The van der Waals surface area contributed by atoms with Gasteiger partial charge in [0.05, 0.1) is 17.7 Å². The maximum absolute atomic E-state index is 12.3. The highest BCUT2D eigenvalue weighted by Gasteiger charge is 2.21. The van der Waals surface area contributed by atoms with E-state index in [1.165, 1.54) is 27.1 Å². The largest absolute Gasteiger partial charge is 0.344 e. The molecule has 0 aliphatic heterocycles. The average molecular weight is 304 g/mol. The molecule has 1 rings (SSSR count). The molecule has 0 saturated heterocycles. The van der Waals surface area contributed by atoms with Crippen LogP contribution in [0.3, 0.4) is 0 Å². The summed E-state index contributed by atoms with van der Waals surface area (Å²) in [5.74, 6) is 0.0770. The number of carbonyl (C=O) groups excluding carboxylic acids is 1. The van der Waals surface area contributed by atoms with Crippen molar-refractivity contribution in [3.63, 3.8) is 0 Å². The molecule has 0 fully saturated rings. The van der Waals surface area contributed by atoms with Crippen molar-refractivity contribution in [2.75, 3.05) is 13.6 Å². The Bertz CT molecular complexity index is 549. The summed E-state index contributed by atoms with van der Waals surface area (Å²) < 4.78 is 0. The smallest absolute Gasteiger partial charge is 0.235 e. The fourth-order valence-electron chi connectivity index (χ4n) is 2.22. The summed E-state index contributed by atoms with van der Waals surface area (Å²) in [4.78, 5) is 15.2. The lowest BCUT2D eigenvalue weighted by atomic mass is 10.0. The summed E-state index contributed by atoms with van der Waals surface area (Å²) in [6.45, 7) is 10.9. The minimum atomic E-state index is -0.146. The molecule has 0 radical (unpaired) electrons. The number of hydrogen-bond donors (Lipinski definition) is 0. The van der Waals surface area contributed by atoms with Crippen LogP contribution in [0.15, 0.2) is 11.0 Å². The molecule has 0 N–H and O–H groups in total. The first kappa shape index (κ1) is 17.6. The highest BCUT2D eigenvalue weighted by atomic mass is 32.2. The topological polar surface area (TPSA) is 44.1 Å². The molecule has 3 nitrogen and oxygen atoms in total. The van der Waals surface area contributed by atoms with Crippen molar-refractivity contribution in [3.8, 4) is 6.07 Å². The third-order valence-electron chi connectivity index (χ3n) is 3.87. The van der Waals surface area contributed by atoms with Crippen molar-refractivity contribution >= 4 is 17.7 Å². The first-order valence-corrected chi connectivity index (χ1v) is 8.03. The van der Waals surface area contributed by atoms with Crippen LogP contribution in [-0.2, 0) is 4.79 Å². The maximum atomic E-state index is 12.3. The Morgan fingerprint density at radius 3 is 2.29 bits per heavy atom. The van der Waals surface area contributed by atoms with Crippen molar-refractivity contribution in [1.29, 1.82) is 5.26 Å². The van der Waals surface area contributed by atoms with Gasteiger partial charge < -0.3 is 4.90 Å². The summed E-state index contributed by atoms with van der Waals surface area (Å²) in [6, 6.07) is 4.27. The Kier molecular flexibility index (Phi) is 6.29. The van der Waals surface area contributed by atoms with Gasteiger partial charge in [-0.2, -0.15) is 5.26 Å². The molecule has 0 saturated carbocycles. The zero-order valence-corrected chi connectivity index (χ0v) is 14.6. The number of carbonyl (C=O) groups is 1. The van der Waals surface area contributed by atoms with E-state index in [4.69, 9.17) is 5.26 Å². The zero-order chi connectivity index (χ0) is 16.2. The quantitative estimate of drug-likeness (QED) is 0.778. The van der Waals surface area contributed by atoms with Gasteiger partial charge >= 0.3 is 0 Å². The zero-order valence-electron chi connectivity index (χ0n) is 13.8. The molecule has 0 aliphatic carbocycles. The minimum absolute atomic E-state index is 0.0770. The predicted molar refractivity (Wildman–Crippen MR) is 88.6 cm³/mol. The molecular formula is C17H24N2OS. The minimum Gasteiger partial charge on any atom is -0.344 e. The average Bonchev–Trinajstić information content (AvgIpc) is 2.46. The van der Waals surface area contributed by atoms with Crippen LogP contribution in [0, 0.1) is 39.0 Å². The second kappa shape index (κ2) is 7.51. The summed E-state index contributed by atoms with van der Waals surface area (Å²) in [5, 5.41) is 8.47. The van der Waals surface area contributed by atoms with Gasteiger partial charge in [0.25, 0.3) is 0 Å².